The summed E-state index contributed by atoms with van der Waals surface area (Å²) in [5.41, 5.74) is 3.09. The molecule has 1 aromatic rings. The summed E-state index contributed by atoms with van der Waals surface area (Å²) in [5.74, 6) is 4.23. The average Bonchev–Trinajstić information content (AvgIpc) is 3.00. The molecule has 0 amide bonds. The lowest BCUT2D eigenvalue weighted by Crippen LogP contribution is -2.53. The van der Waals surface area contributed by atoms with Crippen LogP contribution in [-0.2, 0) is 0 Å². The fraction of sp³-hybridized carbons (Fsp3) is 0.714. The highest BCUT2D eigenvalue weighted by atomic mass is 16.5. The maximum absolute atomic E-state index is 11.4. The Kier molecular flexibility index (Phi) is 5.29. The normalized spacial score (nSPS) is 44.3. The first-order chi connectivity index (χ1) is 14.5. The van der Waals surface area contributed by atoms with Crippen LogP contribution in [0.2, 0.25) is 0 Å². The molecule has 0 bridgehead atoms. The molecule has 4 aliphatic rings. The summed E-state index contributed by atoms with van der Waals surface area (Å²) < 4.78 is 5.59. The zero-order valence-corrected chi connectivity index (χ0v) is 19.2. The average molecular weight is 409 g/mol. The maximum Gasteiger partial charge on any atom is 0.119 e. The van der Waals surface area contributed by atoms with Gasteiger partial charge in [0.15, 0.2) is 0 Å². The molecule has 4 fully saturated rings. The molecule has 5 rings (SSSR count). The SMILES string of the molecule is CCOc1ccc(/C=C2\C[C@@H]3[C@@H]4CC[C@@H]5CCCC[C@]5(C)[C@H]4CC[C@]3(C)[C@@H]2O)cc1. The second-order valence-corrected chi connectivity index (χ2v) is 11.3. The van der Waals surface area contributed by atoms with Gasteiger partial charge in [-0.2, -0.15) is 0 Å². The van der Waals surface area contributed by atoms with Gasteiger partial charge in [0.25, 0.3) is 0 Å². The van der Waals surface area contributed by atoms with E-state index in [1.807, 2.05) is 19.1 Å². The topological polar surface area (TPSA) is 29.5 Å². The molecule has 0 aromatic heterocycles. The van der Waals surface area contributed by atoms with Gasteiger partial charge in [-0.25, -0.2) is 0 Å². The van der Waals surface area contributed by atoms with E-state index in [0.29, 0.717) is 17.9 Å². The third-order valence-electron chi connectivity index (χ3n) is 10.00. The molecule has 0 radical (unpaired) electrons. The molecule has 2 nitrogen and oxygen atoms in total. The number of fused-ring (bicyclic) bond motifs is 5. The molecule has 0 heterocycles. The second-order valence-electron chi connectivity index (χ2n) is 11.3. The van der Waals surface area contributed by atoms with Crippen LogP contribution in [0.1, 0.15) is 84.1 Å². The Balaban J connectivity index is 1.40. The van der Waals surface area contributed by atoms with Gasteiger partial charge in [0.2, 0.25) is 0 Å². The molecule has 1 N–H and O–H groups in total. The van der Waals surface area contributed by atoms with Crippen LogP contribution in [0.25, 0.3) is 6.08 Å². The van der Waals surface area contributed by atoms with E-state index in [1.165, 1.54) is 62.5 Å². The van der Waals surface area contributed by atoms with Crippen LogP contribution in [0, 0.1) is 34.5 Å². The quantitative estimate of drug-likeness (QED) is 0.591. The minimum absolute atomic E-state index is 0.0656. The van der Waals surface area contributed by atoms with E-state index >= 15 is 0 Å². The summed E-state index contributed by atoms with van der Waals surface area (Å²) in [6.45, 7) is 7.74. The smallest absolute Gasteiger partial charge is 0.119 e. The van der Waals surface area contributed by atoms with Crippen molar-refractivity contribution in [3.05, 3.63) is 35.4 Å². The van der Waals surface area contributed by atoms with Crippen LogP contribution in [0.3, 0.4) is 0 Å². The van der Waals surface area contributed by atoms with Crippen molar-refractivity contribution in [2.24, 2.45) is 34.5 Å². The van der Waals surface area contributed by atoms with Gasteiger partial charge in [-0.3, -0.25) is 0 Å². The molecule has 30 heavy (non-hydrogen) atoms. The van der Waals surface area contributed by atoms with Crippen LogP contribution < -0.4 is 4.74 Å². The molecule has 7 atom stereocenters. The Morgan fingerprint density at radius 1 is 0.967 bits per heavy atom. The first-order valence-electron chi connectivity index (χ1n) is 12.6. The zero-order valence-electron chi connectivity index (χ0n) is 19.2. The number of rotatable bonds is 3. The highest BCUT2D eigenvalue weighted by molar-refractivity contribution is 5.56. The van der Waals surface area contributed by atoms with E-state index in [9.17, 15) is 5.11 Å². The molecular formula is C28H40O2. The standard InChI is InChI=1S/C28H40O2/c1-4-30-22-11-8-19(9-12-22)17-20-18-25-23-13-10-21-7-5-6-15-27(21,2)24(23)14-16-28(25,3)26(20)29/h8-9,11-12,17,21,23-26,29H,4-7,10,13-16,18H2,1-3H3/b20-17+/t21-,23+,24-,25+,26+,27-,28-/m0/s1. The lowest BCUT2D eigenvalue weighted by molar-refractivity contribution is -0.119. The second kappa shape index (κ2) is 7.69. The predicted octanol–water partition coefficient (Wildman–Crippen LogP) is 6.87. The summed E-state index contributed by atoms with van der Waals surface area (Å²) in [6, 6.07) is 8.36. The summed E-state index contributed by atoms with van der Waals surface area (Å²) in [7, 11) is 0. The van der Waals surface area contributed by atoms with Crippen molar-refractivity contribution in [3.63, 3.8) is 0 Å². The Morgan fingerprint density at radius 2 is 1.77 bits per heavy atom. The van der Waals surface area contributed by atoms with E-state index in [-0.39, 0.29) is 11.5 Å². The van der Waals surface area contributed by atoms with Crippen molar-refractivity contribution >= 4 is 6.08 Å². The van der Waals surface area contributed by atoms with Crippen molar-refractivity contribution in [3.8, 4) is 5.75 Å². The number of aliphatic hydroxyl groups is 1. The molecule has 0 saturated heterocycles. The summed E-state index contributed by atoms with van der Waals surface area (Å²) in [6.07, 6.45) is 14.2. The fourth-order valence-corrected chi connectivity index (χ4v) is 8.33. The first-order valence-corrected chi connectivity index (χ1v) is 12.6. The molecule has 1 aromatic carbocycles. The molecule has 0 aliphatic heterocycles. The molecule has 2 heteroatoms. The Labute approximate surface area is 183 Å². The minimum atomic E-state index is -0.285. The molecule has 4 aliphatic carbocycles. The number of benzene rings is 1. The third-order valence-corrected chi connectivity index (χ3v) is 10.00. The maximum atomic E-state index is 11.4. The minimum Gasteiger partial charge on any atom is -0.494 e. The highest BCUT2D eigenvalue weighted by Gasteiger charge is 2.60. The van der Waals surface area contributed by atoms with Crippen molar-refractivity contribution in [1.82, 2.24) is 0 Å². The van der Waals surface area contributed by atoms with Crippen molar-refractivity contribution in [2.75, 3.05) is 6.61 Å². The van der Waals surface area contributed by atoms with Crippen LogP contribution in [0.5, 0.6) is 5.75 Å². The van der Waals surface area contributed by atoms with E-state index in [4.69, 9.17) is 4.74 Å². The highest BCUT2D eigenvalue weighted by Crippen LogP contribution is 2.67. The lowest BCUT2D eigenvalue weighted by Gasteiger charge is -2.60. The molecule has 0 unspecified atom stereocenters. The van der Waals surface area contributed by atoms with Crippen molar-refractivity contribution < 1.29 is 9.84 Å². The van der Waals surface area contributed by atoms with Gasteiger partial charge in [0, 0.05) is 5.41 Å². The van der Waals surface area contributed by atoms with Crippen molar-refractivity contribution in [2.45, 2.75) is 84.7 Å². The molecule has 4 saturated carbocycles. The van der Waals surface area contributed by atoms with Gasteiger partial charge in [0.1, 0.15) is 5.75 Å². The molecule has 164 valence electrons. The monoisotopic (exact) mass is 408 g/mol. The number of hydrogen-bond donors (Lipinski definition) is 1. The Morgan fingerprint density at radius 3 is 2.53 bits per heavy atom. The van der Waals surface area contributed by atoms with Gasteiger partial charge >= 0.3 is 0 Å². The van der Waals surface area contributed by atoms with Crippen molar-refractivity contribution in [1.29, 1.82) is 0 Å². The Bertz CT molecular complexity index is 795. The van der Waals surface area contributed by atoms with Gasteiger partial charge in [-0.05, 0) is 104 Å². The Hall–Kier alpha value is -1.28. The largest absolute Gasteiger partial charge is 0.494 e. The lowest BCUT2D eigenvalue weighted by atomic mass is 9.45. The van der Waals surface area contributed by atoms with Crippen LogP contribution >= 0.6 is 0 Å². The van der Waals surface area contributed by atoms with Gasteiger partial charge in [0.05, 0.1) is 12.7 Å². The fourth-order valence-electron chi connectivity index (χ4n) is 8.33. The van der Waals surface area contributed by atoms with E-state index in [2.05, 4.69) is 32.1 Å². The summed E-state index contributed by atoms with van der Waals surface area (Å²) in [5, 5.41) is 11.4. The van der Waals surface area contributed by atoms with Gasteiger partial charge in [-0.15, -0.1) is 0 Å². The predicted molar refractivity (Wildman–Crippen MR) is 123 cm³/mol. The number of hydrogen-bond acceptors (Lipinski definition) is 2. The molecule has 0 spiro atoms. The van der Waals surface area contributed by atoms with E-state index in [0.717, 1.165) is 29.9 Å². The summed E-state index contributed by atoms with van der Waals surface area (Å²) in [4.78, 5) is 0. The zero-order chi connectivity index (χ0) is 20.9. The third kappa shape index (κ3) is 3.17. The van der Waals surface area contributed by atoms with Gasteiger partial charge < -0.3 is 9.84 Å². The first kappa shape index (κ1) is 20.6. The summed E-state index contributed by atoms with van der Waals surface area (Å²) >= 11 is 0. The number of aliphatic hydroxyl groups excluding tert-OH is 1. The van der Waals surface area contributed by atoms with Crippen LogP contribution in [0.15, 0.2) is 29.8 Å². The number of ether oxygens (including phenoxy) is 1. The van der Waals surface area contributed by atoms with Crippen LogP contribution in [0.4, 0.5) is 0 Å². The van der Waals surface area contributed by atoms with Gasteiger partial charge in [-0.1, -0.05) is 44.9 Å². The van der Waals surface area contributed by atoms with E-state index < -0.39 is 0 Å². The molecular weight excluding hydrogens is 368 g/mol. The van der Waals surface area contributed by atoms with Crippen LogP contribution in [-0.4, -0.2) is 17.8 Å². The van der Waals surface area contributed by atoms with E-state index in [1.54, 1.807) is 0 Å².